The monoisotopic (exact) mass is 304 g/mol. The molecule has 0 amide bonds. The molecule has 4 nitrogen and oxygen atoms in total. The van der Waals surface area contributed by atoms with Gasteiger partial charge in [-0.05, 0) is 6.42 Å². The van der Waals surface area contributed by atoms with Crippen LogP contribution < -0.4 is 5.32 Å². The standard InChI is InChI=1S/C16H20N2O2S/c1-2-3-9-13(16(19)20)17-10-15-18-14(11-21-15)12-7-5-4-6-8-12/h4-8,11,13,17H,2-3,9-10H2,1H3,(H,19,20). The second-order valence-corrected chi connectivity index (χ2v) is 5.85. The van der Waals surface area contributed by atoms with Crippen molar-refractivity contribution in [2.24, 2.45) is 0 Å². The lowest BCUT2D eigenvalue weighted by Crippen LogP contribution is -2.36. The summed E-state index contributed by atoms with van der Waals surface area (Å²) in [6, 6.07) is 9.49. The number of hydrogen-bond donors (Lipinski definition) is 2. The van der Waals surface area contributed by atoms with Gasteiger partial charge in [0.1, 0.15) is 11.0 Å². The van der Waals surface area contributed by atoms with Gasteiger partial charge < -0.3 is 5.11 Å². The first-order valence-electron chi connectivity index (χ1n) is 7.16. The Kier molecular flexibility index (Phi) is 5.90. The van der Waals surface area contributed by atoms with Crippen molar-refractivity contribution in [2.75, 3.05) is 0 Å². The maximum absolute atomic E-state index is 11.2. The van der Waals surface area contributed by atoms with Crippen LogP contribution in [0.3, 0.4) is 0 Å². The molecule has 0 spiro atoms. The molecule has 0 fully saturated rings. The van der Waals surface area contributed by atoms with Gasteiger partial charge in [0.15, 0.2) is 0 Å². The van der Waals surface area contributed by atoms with Crippen molar-refractivity contribution in [1.82, 2.24) is 10.3 Å². The summed E-state index contributed by atoms with van der Waals surface area (Å²) in [6.07, 6.45) is 2.57. The number of carbonyl (C=O) groups is 1. The van der Waals surface area contributed by atoms with Crippen molar-refractivity contribution in [2.45, 2.75) is 38.8 Å². The van der Waals surface area contributed by atoms with Crippen molar-refractivity contribution >= 4 is 17.3 Å². The molecular weight excluding hydrogens is 284 g/mol. The van der Waals surface area contributed by atoms with Gasteiger partial charge in [-0.15, -0.1) is 11.3 Å². The summed E-state index contributed by atoms with van der Waals surface area (Å²) in [6.45, 7) is 2.56. The molecule has 21 heavy (non-hydrogen) atoms. The van der Waals surface area contributed by atoms with Crippen LogP contribution in [0.25, 0.3) is 11.3 Å². The Bertz CT molecular complexity index is 569. The molecule has 0 radical (unpaired) electrons. The summed E-state index contributed by atoms with van der Waals surface area (Å²) < 4.78 is 0. The second-order valence-electron chi connectivity index (χ2n) is 4.91. The van der Waals surface area contributed by atoms with Gasteiger partial charge in [-0.25, -0.2) is 4.98 Å². The molecule has 5 heteroatoms. The summed E-state index contributed by atoms with van der Waals surface area (Å²) in [7, 11) is 0. The zero-order chi connectivity index (χ0) is 15.1. The number of hydrogen-bond acceptors (Lipinski definition) is 4. The van der Waals surface area contributed by atoms with Crippen molar-refractivity contribution in [3.05, 3.63) is 40.7 Å². The SMILES string of the molecule is CCCCC(NCc1nc(-c2ccccc2)cs1)C(=O)O. The van der Waals surface area contributed by atoms with Crippen molar-refractivity contribution in [3.8, 4) is 11.3 Å². The number of nitrogens with zero attached hydrogens (tertiary/aromatic N) is 1. The number of benzene rings is 1. The van der Waals surface area contributed by atoms with E-state index in [9.17, 15) is 9.90 Å². The number of rotatable bonds is 8. The number of aliphatic carboxylic acids is 1. The topological polar surface area (TPSA) is 62.2 Å². The molecule has 1 aromatic heterocycles. The first-order chi connectivity index (χ1) is 10.2. The molecule has 1 aromatic carbocycles. The van der Waals surface area contributed by atoms with E-state index in [1.165, 1.54) is 0 Å². The lowest BCUT2D eigenvalue weighted by atomic mass is 10.1. The molecule has 112 valence electrons. The highest BCUT2D eigenvalue weighted by molar-refractivity contribution is 7.09. The fourth-order valence-electron chi connectivity index (χ4n) is 2.07. The van der Waals surface area contributed by atoms with Crippen molar-refractivity contribution in [1.29, 1.82) is 0 Å². The minimum atomic E-state index is -0.789. The maximum Gasteiger partial charge on any atom is 0.320 e. The van der Waals surface area contributed by atoms with Gasteiger partial charge >= 0.3 is 5.97 Å². The van der Waals surface area contributed by atoms with E-state index < -0.39 is 12.0 Å². The summed E-state index contributed by atoms with van der Waals surface area (Å²) in [5.74, 6) is -0.789. The average molecular weight is 304 g/mol. The van der Waals surface area contributed by atoms with Gasteiger partial charge in [0.2, 0.25) is 0 Å². The number of aromatic nitrogens is 1. The lowest BCUT2D eigenvalue weighted by molar-refractivity contribution is -0.139. The van der Waals surface area contributed by atoms with Crippen LogP contribution in [0.2, 0.25) is 0 Å². The van der Waals surface area contributed by atoms with Gasteiger partial charge in [-0.2, -0.15) is 0 Å². The van der Waals surface area contributed by atoms with E-state index in [0.717, 1.165) is 29.1 Å². The molecule has 0 aliphatic heterocycles. The Labute approximate surface area is 128 Å². The van der Waals surface area contributed by atoms with E-state index in [1.54, 1.807) is 11.3 Å². The van der Waals surface area contributed by atoms with E-state index in [1.807, 2.05) is 35.7 Å². The van der Waals surface area contributed by atoms with E-state index in [0.29, 0.717) is 13.0 Å². The smallest absolute Gasteiger partial charge is 0.320 e. The minimum absolute atomic E-state index is 0.492. The van der Waals surface area contributed by atoms with Crippen LogP contribution in [-0.2, 0) is 11.3 Å². The molecule has 1 unspecified atom stereocenters. The Balaban J connectivity index is 1.94. The van der Waals surface area contributed by atoms with Crippen LogP contribution in [0.5, 0.6) is 0 Å². The third-order valence-electron chi connectivity index (χ3n) is 3.27. The summed E-state index contributed by atoms with van der Waals surface area (Å²) in [5, 5.41) is 15.2. The molecule has 0 saturated carbocycles. The van der Waals surface area contributed by atoms with Crippen molar-refractivity contribution in [3.63, 3.8) is 0 Å². The largest absolute Gasteiger partial charge is 0.480 e. The number of nitrogens with one attached hydrogen (secondary N) is 1. The highest BCUT2D eigenvalue weighted by Crippen LogP contribution is 2.21. The van der Waals surface area contributed by atoms with Crippen LogP contribution in [0.15, 0.2) is 35.7 Å². The summed E-state index contributed by atoms with van der Waals surface area (Å²) in [5.41, 5.74) is 2.03. The van der Waals surface area contributed by atoms with Gasteiger partial charge in [0.25, 0.3) is 0 Å². The van der Waals surface area contributed by atoms with E-state index >= 15 is 0 Å². The normalized spacial score (nSPS) is 12.2. The van der Waals surface area contributed by atoms with Crippen LogP contribution in [0, 0.1) is 0 Å². The predicted molar refractivity (Wildman–Crippen MR) is 85.3 cm³/mol. The second kappa shape index (κ2) is 7.90. The molecule has 2 N–H and O–H groups in total. The summed E-state index contributed by atoms with van der Waals surface area (Å²) >= 11 is 1.56. The first kappa shape index (κ1) is 15.7. The van der Waals surface area contributed by atoms with Crippen molar-refractivity contribution < 1.29 is 9.90 Å². The highest BCUT2D eigenvalue weighted by Gasteiger charge is 2.16. The Morgan fingerprint density at radius 2 is 2.14 bits per heavy atom. The highest BCUT2D eigenvalue weighted by atomic mass is 32.1. The number of carboxylic acids is 1. The minimum Gasteiger partial charge on any atom is -0.480 e. The predicted octanol–water partition coefficient (Wildman–Crippen LogP) is 3.54. The zero-order valence-electron chi connectivity index (χ0n) is 12.1. The van der Waals surface area contributed by atoms with E-state index in [2.05, 4.69) is 17.2 Å². The molecule has 1 heterocycles. The number of carboxylic acid groups (broad SMARTS) is 1. The molecule has 0 aliphatic carbocycles. The molecule has 2 aromatic rings. The van der Waals surface area contributed by atoms with Crippen LogP contribution in [-0.4, -0.2) is 22.1 Å². The summed E-state index contributed by atoms with van der Waals surface area (Å²) in [4.78, 5) is 15.7. The number of thiazole rings is 1. The van der Waals surface area contributed by atoms with Crippen LogP contribution in [0.4, 0.5) is 0 Å². The third kappa shape index (κ3) is 4.65. The van der Waals surface area contributed by atoms with Gasteiger partial charge in [0.05, 0.1) is 5.69 Å². The molecular formula is C16H20N2O2S. The first-order valence-corrected chi connectivity index (χ1v) is 8.04. The Hall–Kier alpha value is -1.72. The molecule has 0 saturated heterocycles. The molecule has 1 atom stereocenters. The van der Waals surface area contributed by atoms with E-state index in [-0.39, 0.29) is 0 Å². The quantitative estimate of drug-likeness (QED) is 0.783. The molecule has 0 bridgehead atoms. The molecule has 2 rings (SSSR count). The Morgan fingerprint density at radius 3 is 2.81 bits per heavy atom. The zero-order valence-corrected chi connectivity index (χ0v) is 12.9. The average Bonchev–Trinajstić information content (AvgIpc) is 2.97. The third-order valence-corrected chi connectivity index (χ3v) is 4.11. The fourth-order valence-corrected chi connectivity index (χ4v) is 2.82. The van der Waals surface area contributed by atoms with Crippen LogP contribution >= 0.6 is 11.3 Å². The lowest BCUT2D eigenvalue weighted by Gasteiger charge is -2.12. The number of unbranched alkanes of at least 4 members (excludes halogenated alkanes) is 1. The molecule has 0 aliphatic rings. The van der Waals surface area contributed by atoms with Gasteiger partial charge in [-0.3, -0.25) is 10.1 Å². The van der Waals surface area contributed by atoms with E-state index in [4.69, 9.17) is 0 Å². The van der Waals surface area contributed by atoms with Crippen LogP contribution in [0.1, 0.15) is 31.2 Å². The fraction of sp³-hybridized carbons (Fsp3) is 0.375. The maximum atomic E-state index is 11.2. The Morgan fingerprint density at radius 1 is 1.38 bits per heavy atom. The van der Waals surface area contributed by atoms with Gasteiger partial charge in [-0.1, -0.05) is 50.1 Å². The van der Waals surface area contributed by atoms with Gasteiger partial charge in [0, 0.05) is 17.5 Å².